The van der Waals surface area contributed by atoms with E-state index in [0.29, 0.717) is 0 Å². The summed E-state index contributed by atoms with van der Waals surface area (Å²) >= 11 is 0. The van der Waals surface area contributed by atoms with Crippen LogP contribution in [0.15, 0.2) is 243 Å². The van der Waals surface area contributed by atoms with Gasteiger partial charge < -0.3 is 9.13 Å². The fourth-order valence-electron chi connectivity index (χ4n) is 9.59. The van der Waals surface area contributed by atoms with Gasteiger partial charge in [0.1, 0.15) is 0 Å². The van der Waals surface area contributed by atoms with E-state index in [2.05, 4.69) is 252 Å². The molecule has 0 radical (unpaired) electrons. The second-order valence-electron chi connectivity index (χ2n) is 16.1. The number of fused-ring (bicyclic) bond motifs is 6. The summed E-state index contributed by atoms with van der Waals surface area (Å²) < 4.78 is 4.86. The van der Waals surface area contributed by atoms with E-state index in [0.717, 1.165) is 5.69 Å². The lowest BCUT2D eigenvalue weighted by Crippen LogP contribution is -1.97. The van der Waals surface area contributed by atoms with Crippen molar-refractivity contribution < 1.29 is 0 Å². The van der Waals surface area contributed by atoms with Crippen molar-refractivity contribution >= 4 is 43.6 Å². The van der Waals surface area contributed by atoms with E-state index in [1.807, 2.05) is 0 Å². The number of hydrogen-bond donors (Lipinski definition) is 0. The number of aromatic nitrogens is 2. The highest BCUT2D eigenvalue weighted by Crippen LogP contribution is 2.41. The molecule has 2 heterocycles. The Hall–Kier alpha value is -8.20. The predicted molar refractivity (Wildman–Crippen MR) is 262 cm³/mol. The second-order valence-corrected chi connectivity index (χ2v) is 16.1. The van der Waals surface area contributed by atoms with Gasteiger partial charge in [-0.15, -0.1) is 0 Å². The van der Waals surface area contributed by atoms with Gasteiger partial charge in [0, 0.05) is 32.8 Å². The molecule has 12 rings (SSSR count). The van der Waals surface area contributed by atoms with Gasteiger partial charge in [0.05, 0.1) is 27.8 Å². The predicted octanol–water partition coefficient (Wildman–Crippen LogP) is 16.2. The van der Waals surface area contributed by atoms with Crippen LogP contribution in [-0.2, 0) is 0 Å². The summed E-state index contributed by atoms with van der Waals surface area (Å²) in [5.74, 6) is 0. The van der Waals surface area contributed by atoms with Crippen LogP contribution in [0.3, 0.4) is 0 Å². The van der Waals surface area contributed by atoms with Gasteiger partial charge in [-0.3, -0.25) is 0 Å². The van der Waals surface area contributed by atoms with Crippen LogP contribution in [0.4, 0.5) is 0 Å². The van der Waals surface area contributed by atoms with E-state index >= 15 is 0 Å². The first-order valence-corrected chi connectivity index (χ1v) is 21.3. The van der Waals surface area contributed by atoms with Crippen molar-refractivity contribution in [2.24, 2.45) is 0 Å². The monoisotopic (exact) mass is 788 g/mol. The largest absolute Gasteiger partial charge is 0.309 e. The van der Waals surface area contributed by atoms with Crippen LogP contribution in [0, 0.1) is 0 Å². The van der Waals surface area contributed by atoms with Gasteiger partial charge in [0.15, 0.2) is 0 Å². The number of benzene rings is 10. The van der Waals surface area contributed by atoms with E-state index < -0.39 is 0 Å². The molecule has 0 unspecified atom stereocenters. The highest BCUT2D eigenvalue weighted by Gasteiger charge is 2.18. The normalized spacial score (nSPS) is 11.5. The van der Waals surface area contributed by atoms with Crippen LogP contribution in [0.1, 0.15) is 0 Å². The van der Waals surface area contributed by atoms with Crippen LogP contribution < -0.4 is 0 Å². The summed E-state index contributed by atoms with van der Waals surface area (Å²) in [5.41, 5.74) is 19.1. The van der Waals surface area contributed by atoms with E-state index in [1.54, 1.807) is 0 Å². The summed E-state index contributed by atoms with van der Waals surface area (Å²) in [4.78, 5) is 0. The standard InChI is InChI=1S/C60H40N2/c1-4-17-41(18-5-1)47-35-48(42-19-6-2-7-20-42)37-49(36-47)44-23-16-24-50(38-44)61-57-29-14-11-26-52(57)54-39-45(31-33-59(54)61)46-32-34-60-55(40-46)53-27-12-15-30-58(53)62(60)56-28-13-10-25-51(56)43-21-8-3-9-22-43/h1-40H. The van der Waals surface area contributed by atoms with Crippen LogP contribution >= 0.6 is 0 Å². The molecule has 0 spiro atoms. The molecule has 290 valence electrons. The van der Waals surface area contributed by atoms with Crippen molar-refractivity contribution in [3.63, 3.8) is 0 Å². The van der Waals surface area contributed by atoms with Gasteiger partial charge in [-0.2, -0.15) is 0 Å². The first-order valence-electron chi connectivity index (χ1n) is 21.3. The molecule has 0 amide bonds. The van der Waals surface area contributed by atoms with Gasteiger partial charge in [-0.25, -0.2) is 0 Å². The Kier molecular flexibility index (Phi) is 8.53. The molecule has 2 heteroatoms. The summed E-state index contributed by atoms with van der Waals surface area (Å²) in [7, 11) is 0. The number of nitrogens with zero attached hydrogens (tertiary/aromatic N) is 2. The number of hydrogen-bond acceptors (Lipinski definition) is 0. The fourth-order valence-corrected chi connectivity index (χ4v) is 9.59. The lowest BCUT2D eigenvalue weighted by molar-refractivity contribution is 1.18. The minimum Gasteiger partial charge on any atom is -0.309 e. The molecule has 0 aliphatic heterocycles. The van der Waals surface area contributed by atoms with Gasteiger partial charge in [-0.05, 0) is 123 Å². The van der Waals surface area contributed by atoms with E-state index in [4.69, 9.17) is 0 Å². The molecule has 0 saturated carbocycles. The van der Waals surface area contributed by atoms with Crippen molar-refractivity contribution in [2.75, 3.05) is 0 Å². The average Bonchev–Trinajstić information content (AvgIpc) is 3.87. The van der Waals surface area contributed by atoms with E-state index in [-0.39, 0.29) is 0 Å². The minimum absolute atomic E-state index is 1.14. The molecule has 0 fully saturated rings. The SMILES string of the molecule is c1ccc(-c2cc(-c3ccccc3)cc(-c3cccc(-n4c5ccccc5c5cc(-c6ccc7c(c6)c6ccccc6n7-c6ccccc6-c6ccccc6)ccc54)c3)c2)cc1. The molecule has 12 aromatic rings. The maximum Gasteiger partial charge on any atom is 0.0541 e. The van der Waals surface area contributed by atoms with E-state index in [9.17, 15) is 0 Å². The summed E-state index contributed by atoms with van der Waals surface area (Å²) in [6.07, 6.45) is 0. The quantitative estimate of drug-likeness (QED) is 0.152. The smallest absolute Gasteiger partial charge is 0.0541 e. The Morgan fingerprint density at radius 3 is 1.23 bits per heavy atom. The molecule has 2 aromatic heterocycles. The molecule has 0 atom stereocenters. The van der Waals surface area contributed by atoms with Gasteiger partial charge in [-0.1, -0.05) is 170 Å². The topological polar surface area (TPSA) is 9.86 Å². The average molecular weight is 789 g/mol. The number of para-hydroxylation sites is 3. The summed E-state index contributed by atoms with van der Waals surface area (Å²) in [6, 6.07) is 88.4. The highest BCUT2D eigenvalue weighted by atomic mass is 15.0. The van der Waals surface area contributed by atoms with Crippen LogP contribution in [0.2, 0.25) is 0 Å². The molecule has 10 aromatic carbocycles. The third kappa shape index (κ3) is 6.04. The first-order chi connectivity index (χ1) is 30.7. The summed E-state index contributed by atoms with van der Waals surface area (Å²) in [6.45, 7) is 0. The first kappa shape index (κ1) is 35.7. The van der Waals surface area contributed by atoms with Gasteiger partial charge >= 0.3 is 0 Å². The molecule has 0 N–H and O–H groups in total. The van der Waals surface area contributed by atoms with E-state index in [1.165, 1.54) is 105 Å². The minimum atomic E-state index is 1.14. The molecule has 0 aliphatic carbocycles. The molecule has 62 heavy (non-hydrogen) atoms. The van der Waals surface area contributed by atoms with Crippen molar-refractivity contribution in [1.29, 1.82) is 0 Å². The lowest BCUT2D eigenvalue weighted by Gasteiger charge is -2.14. The van der Waals surface area contributed by atoms with Gasteiger partial charge in [0.25, 0.3) is 0 Å². The van der Waals surface area contributed by atoms with Crippen molar-refractivity contribution in [1.82, 2.24) is 9.13 Å². The maximum atomic E-state index is 2.43. The Morgan fingerprint density at radius 2 is 0.629 bits per heavy atom. The molecule has 0 saturated heterocycles. The van der Waals surface area contributed by atoms with Crippen molar-refractivity contribution in [3.05, 3.63) is 243 Å². The second kappa shape index (κ2) is 14.8. The Labute approximate surface area is 360 Å². The van der Waals surface area contributed by atoms with Crippen LogP contribution in [0.25, 0.3) is 111 Å². The van der Waals surface area contributed by atoms with Crippen LogP contribution in [0.5, 0.6) is 0 Å². The summed E-state index contributed by atoms with van der Waals surface area (Å²) in [5, 5.41) is 4.96. The molecule has 2 nitrogen and oxygen atoms in total. The fraction of sp³-hybridized carbons (Fsp3) is 0. The Bertz CT molecular complexity index is 3550. The lowest BCUT2D eigenvalue weighted by atomic mass is 9.93. The Balaban J connectivity index is 0.983. The van der Waals surface area contributed by atoms with Crippen molar-refractivity contribution in [3.8, 4) is 67.0 Å². The zero-order chi connectivity index (χ0) is 41.0. The molecule has 0 bridgehead atoms. The Morgan fingerprint density at radius 1 is 0.210 bits per heavy atom. The third-order valence-corrected chi connectivity index (χ3v) is 12.5. The number of rotatable bonds is 7. The van der Waals surface area contributed by atoms with Crippen molar-refractivity contribution in [2.45, 2.75) is 0 Å². The van der Waals surface area contributed by atoms with Crippen LogP contribution in [-0.4, -0.2) is 9.13 Å². The molecular formula is C60H40N2. The maximum absolute atomic E-state index is 2.43. The third-order valence-electron chi connectivity index (χ3n) is 12.5. The zero-order valence-electron chi connectivity index (χ0n) is 34.0. The molecular weight excluding hydrogens is 749 g/mol. The van der Waals surface area contributed by atoms with Gasteiger partial charge in [0.2, 0.25) is 0 Å². The highest BCUT2D eigenvalue weighted by molar-refractivity contribution is 6.13. The zero-order valence-corrected chi connectivity index (χ0v) is 34.0. The molecule has 0 aliphatic rings.